The van der Waals surface area contributed by atoms with Crippen LogP contribution in [0.1, 0.15) is 11.6 Å². The van der Waals surface area contributed by atoms with Gasteiger partial charge in [0.25, 0.3) is 0 Å². The number of benzene rings is 1. The van der Waals surface area contributed by atoms with E-state index in [1.165, 1.54) is 5.56 Å². The van der Waals surface area contributed by atoms with Crippen LogP contribution in [-0.4, -0.2) is 33.9 Å². The largest absolute Gasteiger partial charge is 0.497 e. The Hall–Kier alpha value is -1.26. The summed E-state index contributed by atoms with van der Waals surface area (Å²) < 4.78 is 10.5. The molecule has 1 radical (unpaired) electrons. The number of methoxy groups -OCH3 is 2. The van der Waals surface area contributed by atoms with Crippen molar-refractivity contribution in [3.05, 3.63) is 23.8 Å². The molecule has 0 spiro atoms. The minimum absolute atomic E-state index is 0.276. The van der Waals surface area contributed by atoms with Crippen LogP contribution in [0.25, 0.3) is 0 Å². The summed E-state index contributed by atoms with van der Waals surface area (Å²) in [7, 11) is 3.33. The second-order valence-electron chi connectivity index (χ2n) is 3.78. The van der Waals surface area contributed by atoms with Crippen molar-refractivity contribution >= 4 is 0 Å². The molecule has 4 heteroatoms. The summed E-state index contributed by atoms with van der Waals surface area (Å²) in [6.45, 7) is 2.65. The van der Waals surface area contributed by atoms with Crippen molar-refractivity contribution in [2.75, 3.05) is 33.9 Å². The predicted octanol–water partition coefficient (Wildman–Crippen LogP) is 0.952. The molecule has 1 atom stereocenters. The maximum Gasteiger partial charge on any atom is 0.122 e. The van der Waals surface area contributed by atoms with Crippen LogP contribution in [0.3, 0.4) is 0 Å². The molecule has 1 aliphatic heterocycles. The first-order valence-electron chi connectivity index (χ1n) is 5.43. The highest BCUT2D eigenvalue weighted by molar-refractivity contribution is 5.40. The van der Waals surface area contributed by atoms with Gasteiger partial charge in [0, 0.05) is 31.7 Å². The lowest BCUT2D eigenvalue weighted by Gasteiger charge is -2.24. The van der Waals surface area contributed by atoms with E-state index in [9.17, 15) is 0 Å². The van der Waals surface area contributed by atoms with Crippen LogP contribution in [-0.2, 0) is 0 Å². The lowest BCUT2D eigenvalue weighted by Crippen LogP contribution is -2.39. The highest BCUT2D eigenvalue weighted by Crippen LogP contribution is 2.26. The molecule has 1 aromatic rings. The maximum absolute atomic E-state index is 5.25. The quantitative estimate of drug-likeness (QED) is 0.826. The summed E-state index contributed by atoms with van der Waals surface area (Å²) in [6.07, 6.45) is 0. The Morgan fingerprint density at radius 3 is 2.38 bits per heavy atom. The number of rotatable bonds is 3. The van der Waals surface area contributed by atoms with Crippen LogP contribution in [0.15, 0.2) is 18.2 Å². The Bertz CT molecular complexity index is 327. The van der Waals surface area contributed by atoms with Gasteiger partial charge in [-0.15, -0.1) is 0 Å². The molecule has 0 amide bonds. The summed E-state index contributed by atoms with van der Waals surface area (Å²) in [5.74, 6) is 1.64. The molecule has 4 nitrogen and oxygen atoms in total. The Morgan fingerprint density at radius 2 is 1.88 bits per heavy atom. The van der Waals surface area contributed by atoms with Gasteiger partial charge < -0.3 is 14.8 Å². The fraction of sp³-hybridized carbons (Fsp3) is 0.500. The summed E-state index contributed by atoms with van der Waals surface area (Å²) >= 11 is 0. The summed E-state index contributed by atoms with van der Waals surface area (Å²) in [5.41, 5.74) is 1.17. The molecule has 0 bridgehead atoms. The minimum Gasteiger partial charge on any atom is -0.497 e. The van der Waals surface area contributed by atoms with Gasteiger partial charge in [0.2, 0.25) is 0 Å². The molecule has 87 valence electrons. The number of ether oxygens (including phenoxy) is 2. The van der Waals surface area contributed by atoms with E-state index in [1.807, 2.05) is 18.2 Å². The van der Waals surface area contributed by atoms with Gasteiger partial charge in [-0.3, -0.25) is 0 Å². The molecule has 1 N–H and O–H groups in total. The SMILES string of the molecule is COc1cc(OC)cc([C@H]2C[N]CCN2)c1. The number of nitrogens with one attached hydrogen (secondary N) is 1. The van der Waals surface area contributed by atoms with Crippen molar-refractivity contribution in [3.8, 4) is 11.5 Å². The van der Waals surface area contributed by atoms with Gasteiger partial charge >= 0.3 is 0 Å². The zero-order chi connectivity index (χ0) is 11.4. The molecular weight excluding hydrogens is 204 g/mol. The average Bonchev–Trinajstić information content (AvgIpc) is 2.39. The number of hydrogen-bond acceptors (Lipinski definition) is 3. The highest BCUT2D eigenvalue weighted by atomic mass is 16.5. The third-order valence-corrected chi connectivity index (χ3v) is 2.75. The Balaban J connectivity index is 2.24. The molecule has 1 aromatic carbocycles. The number of piperazine rings is 1. The molecule has 1 saturated heterocycles. The fourth-order valence-electron chi connectivity index (χ4n) is 1.86. The molecule has 1 fully saturated rings. The third kappa shape index (κ3) is 2.46. The molecule has 0 unspecified atom stereocenters. The molecule has 0 aromatic heterocycles. The van der Waals surface area contributed by atoms with Gasteiger partial charge in [-0.25, -0.2) is 5.32 Å². The summed E-state index contributed by atoms with van der Waals surface area (Å²) in [5, 5.41) is 7.83. The smallest absolute Gasteiger partial charge is 0.122 e. The molecule has 0 aliphatic carbocycles. The van der Waals surface area contributed by atoms with Gasteiger partial charge in [0.05, 0.1) is 14.2 Å². The average molecular weight is 221 g/mol. The Morgan fingerprint density at radius 1 is 1.19 bits per heavy atom. The van der Waals surface area contributed by atoms with Crippen molar-refractivity contribution in [2.24, 2.45) is 0 Å². The number of nitrogens with zero attached hydrogens (tertiary/aromatic N) is 1. The van der Waals surface area contributed by atoms with Gasteiger partial charge in [0.1, 0.15) is 11.5 Å². The van der Waals surface area contributed by atoms with E-state index in [0.29, 0.717) is 0 Å². The van der Waals surface area contributed by atoms with E-state index < -0.39 is 0 Å². The first kappa shape index (κ1) is 11.2. The zero-order valence-electron chi connectivity index (χ0n) is 9.69. The van der Waals surface area contributed by atoms with Crippen LogP contribution < -0.4 is 20.1 Å². The molecule has 16 heavy (non-hydrogen) atoms. The molecule has 0 saturated carbocycles. The van der Waals surface area contributed by atoms with E-state index in [0.717, 1.165) is 31.1 Å². The van der Waals surface area contributed by atoms with Crippen molar-refractivity contribution in [2.45, 2.75) is 6.04 Å². The van der Waals surface area contributed by atoms with Crippen molar-refractivity contribution in [1.82, 2.24) is 10.6 Å². The first-order valence-corrected chi connectivity index (χ1v) is 5.43. The topological polar surface area (TPSA) is 44.6 Å². The van der Waals surface area contributed by atoms with E-state index in [-0.39, 0.29) is 6.04 Å². The van der Waals surface area contributed by atoms with Gasteiger partial charge in [-0.2, -0.15) is 0 Å². The molecule has 1 aliphatic rings. The van der Waals surface area contributed by atoms with E-state index >= 15 is 0 Å². The molecule has 1 heterocycles. The number of hydrogen-bond donors (Lipinski definition) is 1. The van der Waals surface area contributed by atoms with Crippen LogP contribution in [0, 0.1) is 0 Å². The van der Waals surface area contributed by atoms with Crippen LogP contribution in [0.4, 0.5) is 0 Å². The lowest BCUT2D eigenvalue weighted by atomic mass is 10.0. The third-order valence-electron chi connectivity index (χ3n) is 2.75. The lowest BCUT2D eigenvalue weighted by molar-refractivity contribution is 0.386. The summed E-state index contributed by atoms with van der Waals surface area (Å²) in [6, 6.07) is 6.21. The van der Waals surface area contributed by atoms with Crippen LogP contribution in [0.5, 0.6) is 11.5 Å². The fourth-order valence-corrected chi connectivity index (χ4v) is 1.86. The van der Waals surface area contributed by atoms with Gasteiger partial charge in [0.15, 0.2) is 0 Å². The van der Waals surface area contributed by atoms with Crippen molar-refractivity contribution in [3.63, 3.8) is 0 Å². The maximum atomic E-state index is 5.25. The normalized spacial score (nSPS) is 20.5. The highest BCUT2D eigenvalue weighted by Gasteiger charge is 2.16. The predicted molar refractivity (Wildman–Crippen MR) is 62.2 cm³/mol. The van der Waals surface area contributed by atoms with E-state index in [2.05, 4.69) is 10.6 Å². The van der Waals surface area contributed by atoms with Crippen LogP contribution in [0.2, 0.25) is 0 Å². The first-order chi connectivity index (χ1) is 7.83. The second kappa shape index (κ2) is 5.18. The van der Waals surface area contributed by atoms with E-state index in [1.54, 1.807) is 14.2 Å². The Kier molecular flexibility index (Phi) is 3.64. The van der Waals surface area contributed by atoms with Crippen LogP contribution >= 0.6 is 0 Å². The van der Waals surface area contributed by atoms with Crippen molar-refractivity contribution in [1.29, 1.82) is 0 Å². The van der Waals surface area contributed by atoms with Crippen molar-refractivity contribution < 1.29 is 9.47 Å². The van der Waals surface area contributed by atoms with Gasteiger partial charge in [-0.05, 0) is 17.7 Å². The zero-order valence-corrected chi connectivity index (χ0v) is 9.69. The second-order valence-corrected chi connectivity index (χ2v) is 3.78. The minimum atomic E-state index is 0.276. The van der Waals surface area contributed by atoms with Gasteiger partial charge in [-0.1, -0.05) is 0 Å². The monoisotopic (exact) mass is 221 g/mol. The molecular formula is C12H17N2O2. The standard InChI is InChI=1S/C12H17N2O2/c1-15-10-5-9(6-11(7-10)16-2)12-8-13-3-4-14-12/h5-7,12,14H,3-4,8H2,1-2H3/t12-/m1/s1. The molecule has 2 rings (SSSR count). The van der Waals surface area contributed by atoms with E-state index in [4.69, 9.17) is 9.47 Å². The summed E-state index contributed by atoms with van der Waals surface area (Å²) in [4.78, 5) is 0. The Labute approximate surface area is 95.9 Å².